The zero-order chi connectivity index (χ0) is 21.6. The average Bonchev–Trinajstić information content (AvgIpc) is 2.83. The zero-order valence-corrected chi connectivity index (χ0v) is 19.3. The van der Waals surface area contributed by atoms with Crippen LogP contribution in [-0.2, 0) is 22.6 Å². The van der Waals surface area contributed by atoms with Crippen molar-refractivity contribution in [2.45, 2.75) is 44.7 Å². The molecule has 2 aliphatic rings. The van der Waals surface area contributed by atoms with Crippen molar-refractivity contribution in [1.29, 1.82) is 0 Å². The van der Waals surface area contributed by atoms with Crippen LogP contribution < -0.4 is 20.7 Å². The first-order valence-electron chi connectivity index (χ1n) is 11.1. The fraction of sp³-hybridized carbons (Fsp3) is 0.440. The molecule has 1 heterocycles. The summed E-state index contributed by atoms with van der Waals surface area (Å²) in [6, 6.07) is 15.5. The topological polar surface area (TPSA) is 79.5 Å². The fourth-order valence-electron chi connectivity index (χ4n) is 4.56. The molecule has 1 saturated carbocycles. The largest absolute Gasteiger partial charge is 0.497 e. The van der Waals surface area contributed by atoms with Crippen molar-refractivity contribution in [1.82, 2.24) is 10.6 Å². The van der Waals surface area contributed by atoms with Crippen LogP contribution in [0.3, 0.4) is 0 Å². The fourth-order valence-corrected chi connectivity index (χ4v) is 4.56. The zero-order valence-electron chi connectivity index (χ0n) is 18.4. The van der Waals surface area contributed by atoms with Gasteiger partial charge >= 0.3 is 0 Å². The van der Waals surface area contributed by atoms with E-state index in [2.05, 4.69) is 28.1 Å². The number of methoxy groups -OCH3 is 1. The van der Waals surface area contributed by atoms with Gasteiger partial charge in [-0.2, -0.15) is 0 Å². The predicted molar refractivity (Wildman–Crippen MR) is 128 cm³/mol. The third kappa shape index (κ3) is 6.02. The molecule has 0 radical (unpaired) electrons. The summed E-state index contributed by atoms with van der Waals surface area (Å²) in [5.74, 6) is 1.40. The van der Waals surface area contributed by atoms with Crippen LogP contribution in [0.25, 0.3) is 0 Å². The molecule has 32 heavy (non-hydrogen) atoms. The molecule has 2 aromatic carbocycles. The number of fused-ring (bicyclic) bond motifs is 1. The summed E-state index contributed by atoms with van der Waals surface area (Å²) in [6.07, 6.45) is 4.37. The monoisotopic (exact) mass is 457 g/mol. The van der Waals surface area contributed by atoms with Crippen molar-refractivity contribution in [3.63, 3.8) is 0 Å². The number of carbonyl (C=O) groups excluding carboxylic acids is 2. The molecule has 0 bridgehead atoms. The van der Waals surface area contributed by atoms with Crippen LogP contribution in [-0.4, -0.2) is 31.5 Å². The van der Waals surface area contributed by atoms with E-state index < -0.39 is 0 Å². The molecular weight excluding hydrogens is 426 g/mol. The number of nitrogens with one attached hydrogen (secondary N) is 3. The van der Waals surface area contributed by atoms with Crippen molar-refractivity contribution < 1.29 is 14.3 Å². The van der Waals surface area contributed by atoms with E-state index in [4.69, 9.17) is 4.74 Å². The summed E-state index contributed by atoms with van der Waals surface area (Å²) in [5.41, 5.74) is 3.32. The molecule has 7 heteroatoms. The van der Waals surface area contributed by atoms with Gasteiger partial charge in [0.1, 0.15) is 5.75 Å². The first kappa shape index (κ1) is 24.1. The van der Waals surface area contributed by atoms with Gasteiger partial charge in [0.2, 0.25) is 11.8 Å². The Morgan fingerprint density at radius 1 is 0.969 bits per heavy atom. The Kier molecular flexibility index (Phi) is 8.53. The van der Waals surface area contributed by atoms with Crippen LogP contribution >= 0.6 is 12.4 Å². The summed E-state index contributed by atoms with van der Waals surface area (Å²) >= 11 is 0. The summed E-state index contributed by atoms with van der Waals surface area (Å²) < 4.78 is 5.15. The van der Waals surface area contributed by atoms with E-state index in [1.807, 2.05) is 36.4 Å². The smallest absolute Gasteiger partial charge is 0.237 e. The van der Waals surface area contributed by atoms with Gasteiger partial charge in [-0.05, 0) is 73.4 Å². The van der Waals surface area contributed by atoms with Crippen LogP contribution in [0.1, 0.15) is 36.8 Å². The molecule has 2 amide bonds. The van der Waals surface area contributed by atoms with Gasteiger partial charge in [0, 0.05) is 24.7 Å². The van der Waals surface area contributed by atoms with Crippen LogP contribution in [0.15, 0.2) is 48.5 Å². The predicted octanol–water partition coefficient (Wildman–Crippen LogP) is 3.69. The van der Waals surface area contributed by atoms with E-state index in [0.717, 1.165) is 50.1 Å². The van der Waals surface area contributed by atoms with Gasteiger partial charge in [-0.25, -0.2) is 0 Å². The molecule has 0 saturated heterocycles. The molecule has 6 nitrogen and oxygen atoms in total. The summed E-state index contributed by atoms with van der Waals surface area (Å²) in [4.78, 5) is 25.2. The Morgan fingerprint density at radius 2 is 1.66 bits per heavy atom. The maximum Gasteiger partial charge on any atom is 0.237 e. The molecule has 1 unspecified atom stereocenters. The lowest BCUT2D eigenvalue weighted by Gasteiger charge is -2.29. The van der Waals surface area contributed by atoms with Crippen molar-refractivity contribution in [3.8, 4) is 5.75 Å². The Hall–Kier alpha value is -2.57. The standard InChI is InChI=1S/C25H31N3O3.ClH/c1-31-22-12-10-21(11-13-22)28-24(29)18-8-6-17(7-9-18)15-27-25(30)23-14-19-4-2-3-5-20(19)16-26-23;/h2-5,10-13,17-18,23,26H,6-9,14-16H2,1H3,(H,27,30)(H,28,29);1H. The van der Waals surface area contributed by atoms with Crippen LogP contribution in [0, 0.1) is 11.8 Å². The average molecular weight is 458 g/mol. The normalized spacial score (nSPS) is 22.1. The minimum Gasteiger partial charge on any atom is -0.497 e. The number of rotatable bonds is 6. The molecule has 172 valence electrons. The second-order valence-corrected chi connectivity index (χ2v) is 8.59. The van der Waals surface area contributed by atoms with E-state index in [9.17, 15) is 9.59 Å². The number of anilines is 1. The maximum absolute atomic E-state index is 12.6. The van der Waals surface area contributed by atoms with E-state index in [-0.39, 0.29) is 36.2 Å². The highest BCUT2D eigenvalue weighted by molar-refractivity contribution is 5.92. The lowest BCUT2D eigenvalue weighted by molar-refractivity contribution is -0.124. The van der Waals surface area contributed by atoms with Crippen molar-refractivity contribution in [3.05, 3.63) is 59.7 Å². The van der Waals surface area contributed by atoms with Gasteiger partial charge in [0.05, 0.1) is 13.2 Å². The minimum absolute atomic E-state index is 0. The molecule has 1 fully saturated rings. The Bertz CT molecular complexity index is 911. The number of ether oxygens (including phenoxy) is 1. The third-order valence-corrected chi connectivity index (χ3v) is 6.54. The van der Waals surface area contributed by atoms with Crippen LogP contribution in [0.2, 0.25) is 0 Å². The van der Waals surface area contributed by atoms with Gasteiger partial charge in [-0.3, -0.25) is 9.59 Å². The third-order valence-electron chi connectivity index (χ3n) is 6.54. The summed E-state index contributed by atoms with van der Waals surface area (Å²) in [6.45, 7) is 1.42. The van der Waals surface area contributed by atoms with Crippen molar-refractivity contribution in [2.24, 2.45) is 11.8 Å². The Morgan fingerprint density at radius 3 is 2.34 bits per heavy atom. The van der Waals surface area contributed by atoms with Crippen LogP contribution in [0.4, 0.5) is 5.69 Å². The molecule has 1 atom stereocenters. The molecule has 0 aromatic heterocycles. The number of benzene rings is 2. The van der Waals surface area contributed by atoms with E-state index in [1.54, 1.807) is 7.11 Å². The van der Waals surface area contributed by atoms with E-state index in [1.165, 1.54) is 11.1 Å². The number of halogens is 1. The minimum atomic E-state index is -0.165. The lowest BCUT2D eigenvalue weighted by Crippen LogP contribution is -2.48. The summed E-state index contributed by atoms with van der Waals surface area (Å²) in [7, 11) is 1.62. The second-order valence-electron chi connectivity index (χ2n) is 8.59. The first-order valence-corrected chi connectivity index (χ1v) is 11.1. The van der Waals surface area contributed by atoms with Gasteiger partial charge in [-0.15, -0.1) is 12.4 Å². The Balaban J connectivity index is 0.00000289. The maximum atomic E-state index is 12.6. The number of hydrogen-bond donors (Lipinski definition) is 3. The molecule has 1 aliphatic heterocycles. The molecule has 3 N–H and O–H groups in total. The number of amides is 2. The SMILES string of the molecule is COc1ccc(NC(=O)C2CCC(CNC(=O)C3Cc4ccccc4CN3)CC2)cc1.Cl. The first-order chi connectivity index (χ1) is 15.1. The second kappa shape index (κ2) is 11.3. The van der Waals surface area contributed by atoms with Gasteiger partial charge < -0.3 is 20.7 Å². The van der Waals surface area contributed by atoms with E-state index in [0.29, 0.717) is 12.5 Å². The quantitative estimate of drug-likeness (QED) is 0.618. The van der Waals surface area contributed by atoms with Crippen LogP contribution in [0.5, 0.6) is 5.75 Å². The highest BCUT2D eigenvalue weighted by Crippen LogP contribution is 2.29. The van der Waals surface area contributed by atoms with Gasteiger partial charge in [0.15, 0.2) is 0 Å². The molecular formula is C25H32ClN3O3. The van der Waals surface area contributed by atoms with E-state index >= 15 is 0 Å². The summed E-state index contributed by atoms with van der Waals surface area (Å²) in [5, 5.41) is 9.48. The molecule has 0 spiro atoms. The number of hydrogen-bond acceptors (Lipinski definition) is 4. The number of carbonyl (C=O) groups is 2. The van der Waals surface area contributed by atoms with Gasteiger partial charge in [0.25, 0.3) is 0 Å². The molecule has 2 aromatic rings. The highest BCUT2D eigenvalue weighted by Gasteiger charge is 2.28. The Labute approximate surface area is 195 Å². The highest BCUT2D eigenvalue weighted by atomic mass is 35.5. The van der Waals surface area contributed by atoms with Gasteiger partial charge in [-0.1, -0.05) is 24.3 Å². The van der Waals surface area contributed by atoms with Crippen molar-refractivity contribution >= 4 is 29.9 Å². The lowest BCUT2D eigenvalue weighted by atomic mass is 9.81. The van der Waals surface area contributed by atoms with Crippen molar-refractivity contribution in [2.75, 3.05) is 19.0 Å². The molecule has 4 rings (SSSR count). The molecule has 1 aliphatic carbocycles.